The summed E-state index contributed by atoms with van der Waals surface area (Å²) in [4.78, 5) is 13.7. The third-order valence-corrected chi connectivity index (χ3v) is 1.44. The number of halogens is 3. The SMILES string of the molecule is CN=C(/C=C(\C)C(C)=O)C(F)(F)F. The van der Waals surface area contributed by atoms with Gasteiger partial charge in [-0.25, -0.2) is 0 Å². The van der Waals surface area contributed by atoms with Gasteiger partial charge in [-0.3, -0.25) is 9.79 Å². The molecule has 0 radical (unpaired) electrons. The summed E-state index contributed by atoms with van der Waals surface area (Å²) >= 11 is 0. The van der Waals surface area contributed by atoms with E-state index >= 15 is 0 Å². The summed E-state index contributed by atoms with van der Waals surface area (Å²) in [6.45, 7) is 2.52. The number of hydrogen-bond donors (Lipinski definition) is 0. The van der Waals surface area contributed by atoms with Crippen molar-refractivity contribution in [3.05, 3.63) is 11.6 Å². The molecule has 0 aliphatic heterocycles. The van der Waals surface area contributed by atoms with Crippen molar-refractivity contribution in [1.82, 2.24) is 0 Å². The molecule has 0 N–H and O–H groups in total. The van der Waals surface area contributed by atoms with E-state index in [0.717, 1.165) is 13.1 Å². The van der Waals surface area contributed by atoms with Gasteiger partial charge in [0.15, 0.2) is 5.78 Å². The lowest BCUT2D eigenvalue weighted by molar-refractivity contribution is -0.113. The van der Waals surface area contributed by atoms with Crippen molar-refractivity contribution < 1.29 is 18.0 Å². The van der Waals surface area contributed by atoms with E-state index in [-0.39, 0.29) is 5.57 Å². The molecule has 0 unspecified atom stereocenters. The van der Waals surface area contributed by atoms with Gasteiger partial charge in [0.2, 0.25) is 0 Å². The van der Waals surface area contributed by atoms with Crippen molar-refractivity contribution in [3.8, 4) is 0 Å². The van der Waals surface area contributed by atoms with Crippen molar-refractivity contribution in [1.29, 1.82) is 0 Å². The second-order valence-electron chi connectivity index (χ2n) is 2.49. The smallest absolute Gasteiger partial charge is 0.295 e. The zero-order valence-corrected chi connectivity index (χ0v) is 7.57. The number of aliphatic imine (C=N–C) groups is 1. The molecule has 0 rings (SSSR count). The molecule has 0 bridgehead atoms. The van der Waals surface area contributed by atoms with Crippen LogP contribution >= 0.6 is 0 Å². The van der Waals surface area contributed by atoms with Gasteiger partial charge in [-0.05, 0) is 25.5 Å². The Kier molecular flexibility index (Phi) is 3.84. The number of carbonyl (C=O) groups is 1. The quantitative estimate of drug-likeness (QED) is 0.488. The Bertz CT molecular complexity index is 263. The van der Waals surface area contributed by atoms with E-state index in [1.165, 1.54) is 13.8 Å². The van der Waals surface area contributed by atoms with Crippen molar-refractivity contribution in [3.63, 3.8) is 0 Å². The average molecular weight is 193 g/mol. The largest absolute Gasteiger partial charge is 0.432 e. The number of ketones is 1. The molecular weight excluding hydrogens is 183 g/mol. The second-order valence-corrected chi connectivity index (χ2v) is 2.49. The number of Topliss-reactive ketones (excluding diaryl/α,β-unsaturated/α-hetero) is 1. The van der Waals surface area contributed by atoms with Crippen LogP contribution in [0.1, 0.15) is 13.8 Å². The fourth-order valence-electron chi connectivity index (χ4n) is 0.580. The standard InChI is InChI=1S/C8H10F3NO/c1-5(6(2)13)4-7(12-3)8(9,10)11/h4H,1-3H3/b5-4+,12-7?. The molecule has 0 aromatic rings. The first-order chi connectivity index (χ1) is 5.79. The van der Waals surface area contributed by atoms with Crippen LogP contribution in [0.2, 0.25) is 0 Å². The number of carbonyl (C=O) groups excluding carboxylic acids is 1. The van der Waals surface area contributed by atoms with E-state index < -0.39 is 17.7 Å². The lowest BCUT2D eigenvalue weighted by Crippen LogP contribution is -2.21. The normalized spacial score (nSPS) is 14.6. The zero-order valence-electron chi connectivity index (χ0n) is 7.57. The molecule has 0 saturated heterocycles. The third kappa shape index (κ3) is 3.87. The van der Waals surface area contributed by atoms with Crippen LogP contribution in [-0.4, -0.2) is 24.7 Å². The van der Waals surface area contributed by atoms with E-state index in [9.17, 15) is 18.0 Å². The van der Waals surface area contributed by atoms with Gasteiger partial charge in [0.1, 0.15) is 5.71 Å². The molecule has 5 heteroatoms. The van der Waals surface area contributed by atoms with E-state index in [1.54, 1.807) is 0 Å². The molecule has 0 amide bonds. The van der Waals surface area contributed by atoms with Crippen LogP contribution in [0.25, 0.3) is 0 Å². The van der Waals surface area contributed by atoms with Crippen molar-refractivity contribution in [2.24, 2.45) is 4.99 Å². The Labute approximate surface area is 74.2 Å². The molecular formula is C8H10F3NO. The predicted octanol–water partition coefficient (Wildman–Crippen LogP) is 2.15. The van der Waals surface area contributed by atoms with Crippen LogP contribution in [0.5, 0.6) is 0 Å². The highest BCUT2D eigenvalue weighted by Gasteiger charge is 2.33. The third-order valence-electron chi connectivity index (χ3n) is 1.44. The summed E-state index contributed by atoms with van der Waals surface area (Å²) < 4.78 is 36.2. The molecule has 0 fully saturated rings. The summed E-state index contributed by atoms with van der Waals surface area (Å²) in [5, 5.41) is 0. The lowest BCUT2D eigenvalue weighted by Gasteiger charge is -2.05. The van der Waals surface area contributed by atoms with Crippen LogP contribution in [0.4, 0.5) is 13.2 Å². The molecule has 0 aromatic carbocycles. The molecule has 0 aliphatic rings. The van der Waals surface area contributed by atoms with Gasteiger partial charge in [-0.2, -0.15) is 13.2 Å². The van der Waals surface area contributed by atoms with Crippen LogP contribution in [-0.2, 0) is 4.79 Å². The fraction of sp³-hybridized carbons (Fsp3) is 0.500. The maximum absolute atomic E-state index is 12.1. The van der Waals surface area contributed by atoms with E-state index in [2.05, 4.69) is 4.99 Å². The average Bonchev–Trinajstić information content (AvgIpc) is 1.96. The monoisotopic (exact) mass is 193 g/mol. The lowest BCUT2D eigenvalue weighted by atomic mass is 10.1. The predicted molar refractivity (Wildman–Crippen MR) is 43.9 cm³/mol. The van der Waals surface area contributed by atoms with E-state index in [4.69, 9.17) is 0 Å². The molecule has 0 heterocycles. The topological polar surface area (TPSA) is 29.4 Å². The molecule has 0 aromatic heterocycles. The maximum atomic E-state index is 12.1. The summed E-state index contributed by atoms with van der Waals surface area (Å²) in [6.07, 6.45) is -3.76. The van der Waals surface area contributed by atoms with Crippen LogP contribution in [0.15, 0.2) is 16.6 Å². The molecule has 74 valence electrons. The highest BCUT2D eigenvalue weighted by Crippen LogP contribution is 2.18. The first-order valence-electron chi connectivity index (χ1n) is 3.52. The summed E-state index contributed by atoms with van der Waals surface area (Å²) in [6, 6.07) is 0. The molecule has 0 spiro atoms. The fourth-order valence-corrected chi connectivity index (χ4v) is 0.580. The Hall–Kier alpha value is -1.13. The Balaban J connectivity index is 4.87. The summed E-state index contributed by atoms with van der Waals surface area (Å²) in [7, 11) is 1.03. The molecule has 2 nitrogen and oxygen atoms in total. The minimum Gasteiger partial charge on any atom is -0.295 e. The molecule has 0 aliphatic carbocycles. The van der Waals surface area contributed by atoms with Crippen LogP contribution in [0, 0.1) is 0 Å². The van der Waals surface area contributed by atoms with Crippen LogP contribution < -0.4 is 0 Å². The number of rotatable bonds is 2. The zero-order chi connectivity index (χ0) is 10.6. The highest BCUT2D eigenvalue weighted by molar-refractivity contribution is 6.06. The van der Waals surface area contributed by atoms with Crippen molar-refractivity contribution in [2.45, 2.75) is 20.0 Å². The van der Waals surface area contributed by atoms with Gasteiger partial charge in [-0.15, -0.1) is 0 Å². The molecule has 0 saturated carbocycles. The second kappa shape index (κ2) is 4.20. The highest BCUT2D eigenvalue weighted by atomic mass is 19.4. The molecule has 13 heavy (non-hydrogen) atoms. The minimum absolute atomic E-state index is 0.0397. The Morgan fingerprint density at radius 3 is 2.00 bits per heavy atom. The number of alkyl halides is 3. The van der Waals surface area contributed by atoms with E-state index in [0.29, 0.717) is 0 Å². The Morgan fingerprint density at radius 1 is 1.31 bits per heavy atom. The van der Waals surface area contributed by atoms with Gasteiger partial charge < -0.3 is 0 Å². The van der Waals surface area contributed by atoms with Crippen molar-refractivity contribution in [2.75, 3.05) is 7.05 Å². The number of nitrogens with zero attached hydrogens (tertiary/aromatic N) is 1. The van der Waals surface area contributed by atoms with Gasteiger partial charge in [0, 0.05) is 7.05 Å². The number of hydrogen-bond acceptors (Lipinski definition) is 2. The minimum atomic E-state index is -4.49. The summed E-state index contributed by atoms with van der Waals surface area (Å²) in [5.41, 5.74) is -1.00. The van der Waals surface area contributed by atoms with Gasteiger partial charge in [0.25, 0.3) is 0 Å². The molecule has 0 atom stereocenters. The number of allylic oxidation sites excluding steroid dienone is 2. The van der Waals surface area contributed by atoms with Gasteiger partial charge in [-0.1, -0.05) is 0 Å². The van der Waals surface area contributed by atoms with E-state index in [1.807, 2.05) is 0 Å². The maximum Gasteiger partial charge on any atom is 0.432 e. The first kappa shape index (κ1) is 11.9. The first-order valence-corrected chi connectivity index (χ1v) is 3.52. The Morgan fingerprint density at radius 2 is 1.77 bits per heavy atom. The summed E-state index contributed by atoms with van der Waals surface area (Å²) in [5.74, 6) is -0.398. The van der Waals surface area contributed by atoms with Gasteiger partial charge >= 0.3 is 6.18 Å². The van der Waals surface area contributed by atoms with Gasteiger partial charge in [0.05, 0.1) is 0 Å². The van der Waals surface area contributed by atoms with Crippen LogP contribution in [0.3, 0.4) is 0 Å². The van der Waals surface area contributed by atoms with Crippen molar-refractivity contribution >= 4 is 11.5 Å².